The molecule has 2 nitrogen and oxygen atoms in total. The summed E-state index contributed by atoms with van der Waals surface area (Å²) in [6.45, 7) is 0. The minimum atomic E-state index is -2.46. The maximum atomic E-state index is 7.55. The van der Waals surface area contributed by atoms with Crippen LogP contribution in [0.2, 0.25) is 0 Å². The average Bonchev–Trinajstić information content (AvgIpc) is 0.811. The molecule has 0 heterocycles. The Balaban J connectivity index is 2.80. The minimum absolute atomic E-state index is 2.46. The molecule has 4 heavy (non-hydrogen) atoms. The van der Waals surface area contributed by atoms with Crippen LogP contribution in [-0.2, 0) is 0 Å². The Morgan fingerprint density at radius 2 is 1.50 bits per heavy atom. The van der Waals surface area contributed by atoms with Gasteiger partial charge in [-0.15, -0.1) is 0 Å². The maximum absolute atomic E-state index is 7.55. The summed E-state index contributed by atoms with van der Waals surface area (Å²) < 4.78 is 15.1. The van der Waals surface area contributed by atoms with Gasteiger partial charge in [0.1, 0.15) is 0 Å². The molecule has 0 saturated heterocycles. The summed E-state index contributed by atoms with van der Waals surface area (Å²) in [5.74, 6) is 0. The molecule has 0 amide bonds. The van der Waals surface area contributed by atoms with E-state index in [9.17, 15) is 0 Å². The molecule has 4 heteroatoms. The Hall–Kier alpha value is 0.659. The van der Waals surface area contributed by atoms with Gasteiger partial charge in [-0.1, -0.05) is 0 Å². The molecule has 0 atom stereocenters. The second-order valence-electron chi connectivity index (χ2n) is 0.231. The van der Waals surface area contributed by atoms with Gasteiger partial charge in [0.15, 0.2) is 0 Å². The van der Waals surface area contributed by atoms with Gasteiger partial charge in [0.2, 0.25) is 0 Å². The van der Waals surface area contributed by atoms with E-state index in [1.807, 2.05) is 0 Å². The van der Waals surface area contributed by atoms with Crippen LogP contribution in [0.15, 0.2) is 0 Å². The van der Waals surface area contributed by atoms with Gasteiger partial charge >= 0.3 is 31.9 Å². The molecule has 0 aromatic carbocycles. The fourth-order valence-electron chi connectivity index (χ4n) is 0. The molecule has 0 saturated carbocycles. The van der Waals surface area contributed by atoms with Crippen LogP contribution in [-0.4, -0.2) is 21.3 Å². The van der Waals surface area contributed by atoms with Crippen molar-refractivity contribution in [1.82, 2.24) is 0 Å². The molecule has 0 radical (unpaired) electrons. The summed E-state index contributed by atoms with van der Waals surface area (Å²) in [7, 11) is 3.86. The van der Waals surface area contributed by atoms with E-state index in [1.54, 1.807) is 0 Å². The van der Waals surface area contributed by atoms with Crippen LogP contribution < -0.4 is 0 Å². The predicted molar refractivity (Wildman–Crippen MR) is 17.8 cm³/mol. The van der Waals surface area contributed by atoms with Crippen LogP contribution in [0.5, 0.6) is 0 Å². The van der Waals surface area contributed by atoms with E-state index in [1.165, 1.54) is 0 Å². The summed E-state index contributed by atoms with van der Waals surface area (Å²) in [5, 5.41) is 0. The topological polar surface area (TPSA) is 40.5 Å². The molecular weight excluding hydrogens is 143 g/mol. The van der Waals surface area contributed by atoms with Crippen molar-refractivity contribution >= 4 is 23.5 Å². The number of hydrogen-bond donors (Lipinski definition) is 2. The molecule has 0 unspecified atom stereocenters. The summed E-state index contributed by atoms with van der Waals surface area (Å²) in [5.41, 5.74) is 0. The monoisotopic (exact) mass is 146 g/mol. The van der Waals surface area contributed by atoms with Crippen molar-refractivity contribution in [2.45, 2.75) is 0 Å². The van der Waals surface area contributed by atoms with Crippen molar-refractivity contribution in [2.75, 3.05) is 0 Å². The Morgan fingerprint density at radius 1 is 1.50 bits per heavy atom. The number of rotatable bonds is 0. The summed E-state index contributed by atoms with van der Waals surface area (Å²) in [6, 6.07) is 0. The SMILES string of the molecule is O[Se](O)=S. The first-order valence-electron chi connectivity index (χ1n) is 0.532. The summed E-state index contributed by atoms with van der Waals surface area (Å²) in [4.78, 5) is 0. The number of hydrogen-bond acceptors (Lipinski definition) is 1. The average molecular weight is 145 g/mol. The Kier molecular flexibility index (Phi) is 2.25. The van der Waals surface area contributed by atoms with Crippen LogP contribution in [0.3, 0.4) is 0 Å². The summed E-state index contributed by atoms with van der Waals surface area (Å²) in [6.07, 6.45) is 0. The second-order valence-corrected chi connectivity index (χ2v) is 2.75. The first-order valence-corrected chi connectivity index (χ1v) is 4.50. The zero-order valence-electron chi connectivity index (χ0n) is 1.71. The van der Waals surface area contributed by atoms with Crippen LogP contribution in [0.1, 0.15) is 0 Å². The molecule has 0 aliphatic rings. The van der Waals surface area contributed by atoms with Gasteiger partial charge in [0.25, 0.3) is 0 Å². The quantitative estimate of drug-likeness (QED) is 0.436. The van der Waals surface area contributed by atoms with E-state index in [0.717, 1.165) is 0 Å². The van der Waals surface area contributed by atoms with Crippen molar-refractivity contribution in [2.24, 2.45) is 0 Å². The zero-order valence-corrected chi connectivity index (χ0v) is 4.24. The zero-order chi connectivity index (χ0) is 3.58. The van der Waals surface area contributed by atoms with E-state index in [4.69, 9.17) is 8.38 Å². The Bertz CT molecular complexity index is 29.0. The fraction of sp³-hybridized carbons (Fsp3) is 0. The van der Waals surface area contributed by atoms with E-state index in [2.05, 4.69) is 10.6 Å². The van der Waals surface area contributed by atoms with E-state index in [-0.39, 0.29) is 0 Å². The second kappa shape index (κ2) is 1.93. The first-order chi connectivity index (χ1) is 1.73. The van der Waals surface area contributed by atoms with Crippen LogP contribution in [0.25, 0.3) is 0 Å². The van der Waals surface area contributed by atoms with Crippen molar-refractivity contribution < 1.29 is 8.38 Å². The molecule has 0 bridgehead atoms. The van der Waals surface area contributed by atoms with Gasteiger partial charge < -0.3 is 0 Å². The molecule has 0 rings (SSSR count). The summed E-state index contributed by atoms with van der Waals surface area (Å²) >= 11 is -2.46. The standard InChI is InChI=1S/H2O2SSe/c1-4(2)3/h(H2,1,2,3). The first kappa shape index (κ1) is 4.66. The van der Waals surface area contributed by atoms with Crippen LogP contribution >= 0.6 is 10.6 Å². The normalized spacial score (nSPS) is 8.75. The van der Waals surface area contributed by atoms with Gasteiger partial charge in [-0.25, -0.2) is 0 Å². The third-order valence-corrected chi connectivity index (χ3v) is 0. The van der Waals surface area contributed by atoms with Crippen molar-refractivity contribution in [3.05, 3.63) is 0 Å². The molecular formula is H2O2SSe. The van der Waals surface area contributed by atoms with Crippen molar-refractivity contribution in [3.8, 4) is 0 Å². The van der Waals surface area contributed by atoms with Gasteiger partial charge in [-0.2, -0.15) is 0 Å². The van der Waals surface area contributed by atoms with Crippen LogP contribution in [0.4, 0.5) is 0 Å². The third-order valence-electron chi connectivity index (χ3n) is 0. The van der Waals surface area contributed by atoms with Crippen molar-refractivity contribution in [1.29, 1.82) is 0 Å². The van der Waals surface area contributed by atoms with E-state index >= 15 is 0 Å². The fourth-order valence-corrected chi connectivity index (χ4v) is 0. The molecule has 0 aliphatic heterocycles. The van der Waals surface area contributed by atoms with E-state index < -0.39 is 12.9 Å². The molecule has 0 aliphatic carbocycles. The third kappa shape index (κ3) is 16.8. The molecule has 0 aromatic heterocycles. The van der Waals surface area contributed by atoms with Gasteiger partial charge in [-0.05, 0) is 0 Å². The Morgan fingerprint density at radius 3 is 1.50 bits per heavy atom. The predicted octanol–water partition coefficient (Wildman–Crippen LogP) is -0.847. The Labute approximate surface area is 32.5 Å². The molecule has 2 N–H and O–H groups in total. The van der Waals surface area contributed by atoms with Gasteiger partial charge in [-0.3, -0.25) is 0 Å². The molecule has 0 fully saturated rings. The molecule has 0 spiro atoms. The van der Waals surface area contributed by atoms with Crippen LogP contribution in [0, 0.1) is 0 Å². The van der Waals surface area contributed by atoms with E-state index in [0.29, 0.717) is 0 Å². The molecule has 0 aromatic rings. The van der Waals surface area contributed by atoms with Gasteiger partial charge in [0.05, 0.1) is 0 Å². The van der Waals surface area contributed by atoms with Gasteiger partial charge in [0, 0.05) is 0 Å². The molecule has 26 valence electrons. The van der Waals surface area contributed by atoms with Crippen molar-refractivity contribution in [3.63, 3.8) is 0 Å².